The molecule has 1 aliphatic carbocycles. The van der Waals surface area contributed by atoms with Crippen molar-refractivity contribution in [2.45, 2.75) is 57.0 Å². The maximum atomic E-state index is 12.7. The third-order valence-corrected chi connectivity index (χ3v) is 8.81. The first-order valence-corrected chi connectivity index (χ1v) is 15.5. The van der Waals surface area contributed by atoms with E-state index in [1.807, 2.05) is 32.5 Å². The van der Waals surface area contributed by atoms with E-state index in [0.29, 0.717) is 25.6 Å². The standard InChI is InChI=1S/C32H44N4O3S/c1-32(2,3)39-31(38)36-21-19-35(20-22-36)27-13-9-24(10-14-27)25-11-15-28(16-12-25)40-23-26-7-5-6-8-29(26)30(37)34-18-17-33-4/h9-17,26,29H,5-8,18-23H2,1-4H3,(H,34,37). The Labute approximate surface area is 243 Å². The second kappa shape index (κ2) is 14.1. The van der Waals surface area contributed by atoms with Crippen LogP contribution in [0, 0.1) is 11.8 Å². The molecule has 8 heteroatoms. The van der Waals surface area contributed by atoms with Crippen LogP contribution in [-0.4, -0.2) is 74.2 Å². The fraction of sp³-hybridized carbons (Fsp3) is 0.531. The second-order valence-electron chi connectivity index (χ2n) is 11.7. The minimum atomic E-state index is -0.471. The number of aliphatic imine (C=N–C) groups is 1. The number of piperazine rings is 1. The molecule has 4 rings (SSSR count). The van der Waals surface area contributed by atoms with Crippen LogP contribution in [0.15, 0.2) is 58.4 Å². The van der Waals surface area contributed by atoms with Gasteiger partial charge in [-0.1, -0.05) is 37.1 Å². The maximum Gasteiger partial charge on any atom is 0.410 e. The van der Waals surface area contributed by atoms with E-state index in [1.165, 1.54) is 28.1 Å². The molecule has 0 bridgehead atoms. The van der Waals surface area contributed by atoms with E-state index in [0.717, 1.165) is 38.1 Å². The molecule has 2 atom stereocenters. The summed E-state index contributed by atoms with van der Waals surface area (Å²) in [6.45, 7) is 9.12. The van der Waals surface area contributed by atoms with E-state index in [4.69, 9.17) is 4.74 Å². The molecule has 2 aliphatic rings. The van der Waals surface area contributed by atoms with Crippen molar-refractivity contribution < 1.29 is 14.3 Å². The smallest absolute Gasteiger partial charge is 0.410 e. The number of hydrogen-bond acceptors (Lipinski definition) is 6. The topological polar surface area (TPSA) is 74.2 Å². The number of anilines is 1. The molecule has 0 radical (unpaired) electrons. The highest BCUT2D eigenvalue weighted by atomic mass is 32.2. The lowest BCUT2D eigenvalue weighted by molar-refractivity contribution is -0.127. The average molecular weight is 565 g/mol. The molecule has 216 valence electrons. The van der Waals surface area contributed by atoms with Crippen molar-refractivity contribution >= 4 is 35.7 Å². The Bertz CT molecular complexity index is 1140. The minimum Gasteiger partial charge on any atom is -0.444 e. The predicted molar refractivity (Wildman–Crippen MR) is 165 cm³/mol. The third-order valence-electron chi connectivity index (χ3n) is 7.61. The summed E-state index contributed by atoms with van der Waals surface area (Å²) in [4.78, 5) is 34.4. The van der Waals surface area contributed by atoms with Crippen LogP contribution >= 0.6 is 11.8 Å². The van der Waals surface area contributed by atoms with Gasteiger partial charge in [-0.25, -0.2) is 4.79 Å². The average Bonchev–Trinajstić information content (AvgIpc) is 2.96. The molecule has 1 saturated carbocycles. The molecule has 40 heavy (non-hydrogen) atoms. The Balaban J connectivity index is 1.27. The number of ether oxygens (including phenoxy) is 1. The van der Waals surface area contributed by atoms with Crippen LogP contribution in [0.25, 0.3) is 11.1 Å². The Hall–Kier alpha value is -3.00. The summed E-state index contributed by atoms with van der Waals surface area (Å²) >= 11 is 1.86. The quantitative estimate of drug-likeness (QED) is 0.309. The first-order valence-electron chi connectivity index (χ1n) is 14.5. The van der Waals surface area contributed by atoms with Crippen LogP contribution in [-0.2, 0) is 9.53 Å². The van der Waals surface area contributed by atoms with Crippen molar-refractivity contribution in [3.63, 3.8) is 0 Å². The van der Waals surface area contributed by atoms with Crippen LogP contribution in [0.1, 0.15) is 46.5 Å². The zero-order chi connectivity index (χ0) is 28.5. The van der Waals surface area contributed by atoms with Gasteiger partial charge < -0.3 is 19.9 Å². The zero-order valence-electron chi connectivity index (χ0n) is 24.4. The summed E-state index contributed by atoms with van der Waals surface area (Å²) in [6.07, 6.45) is 5.96. The van der Waals surface area contributed by atoms with E-state index in [1.54, 1.807) is 18.2 Å². The normalized spacial score (nSPS) is 20.0. The molecule has 2 aromatic carbocycles. The van der Waals surface area contributed by atoms with Gasteiger partial charge in [0.1, 0.15) is 5.60 Å². The summed E-state index contributed by atoms with van der Waals surface area (Å²) in [6, 6.07) is 17.4. The van der Waals surface area contributed by atoms with Crippen molar-refractivity contribution in [3.8, 4) is 11.1 Å². The van der Waals surface area contributed by atoms with Gasteiger partial charge in [-0.2, -0.15) is 0 Å². The first-order chi connectivity index (χ1) is 19.2. The van der Waals surface area contributed by atoms with Crippen LogP contribution in [0.2, 0.25) is 0 Å². The number of carbonyl (C=O) groups is 2. The van der Waals surface area contributed by atoms with Gasteiger partial charge >= 0.3 is 6.09 Å². The molecule has 0 spiro atoms. The molecular weight excluding hydrogens is 520 g/mol. The summed E-state index contributed by atoms with van der Waals surface area (Å²) in [5.74, 6) is 1.66. The molecular formula is C32H44N4O3S. The number of thioether (sulfide) groups is 1. The largest absolute Gasteiger partial charge is 0.444 e. The van der Waals surface area contributed by atoms with Crippen molar-refractivity contribution in [1.29, 1.82) is 0 Å². The fourth-order valence-corrected chi connectivity index (χ4v) is 6.54. The number of carbonyl (C=O) groups excluding carboxylic acids is 2. The van der Waals surface area contributed by atoms with Gasteiger partial charge in [0.2, 0.25) is 5.91 Å². The van der Waals surface area contributed by atoms with Gasteiger partial charge in [0.15, 0.2) is 0 Å². The highest BCUT2D eigenvalue weighted by molar-refractivity contribution is 7.99. The molecule has 2 aromatic rings. The van der Waals surface area contributed by atoms with Crippen molar-refractivity contribution in [2.24, 2.45) is 16.8 Å². The lowest BCUT2D eigenvalue weighted by atomic mass is 9.80. The van der Waals surface area contributed by atoms with E-state index >= 15 is 0 Å². The number of nitrogens with zero attached hydrogens (tertiary/aromatic N) is 3. The number of nitrogens with one attached hydrogen (secondary N) is 1. The molecule has 1 heterocycles. The SMILES string of the molecule is CN=CCNC(=O)C1CCCCC1CSc1ccc(-c2ccc(N3CCN(C(=O)OC(C)(C)C)CC3)cc2)cc1. The van der Waals surface area contributed by atoms with E-state index in [-0.39, 0.29) is 17.9 Å². The molecule has 1 N–H and O–H groups in total. The number of amides is 2. The Kier molecular flexibility index (Phi) is 10.5. The molecule has 2 fully saturated rings. The molecule has 7 nitrogen and oxygen atoms in total. The fourth-order valence-electron chi connectivity index (χ4n) is 5.41. The van der Waals surface area contributed by atoms with Gasteiger partial charge in [0.05, 0.1) is 6.54 Å². The monoisotopic (exact) mass is 564 g/mol. The van der Waals surface area contributed by atoms with E-state index in [2.05, 4.69) is 63.7 Å². The highest BCUT2D eigenvalue weighted by Crippen LogP contribution is 2.35. The highest BCUT2D eigenvalue weighted by Gasteiger charge is 2.30. The Morgan fingerprint density at radius 1 is 0.975 bits per heavy atom. The van der Waals surface area contributed by atoms with Crippen molar-refractivity contribution in [2.75, 3.05) is 50.4 Å². The van der Waals surface area contributed by atoms with Gasteiger partial charge in [-0.05, 0) is 74.9 Å². The number of hydrogen-bond donors (Lipinski definition) is 1. The minimum absolute atomic E-state index is 0.101. The molecule has 1 aliphatic heterocycles. The van der Waals surface area contributed by atoms with Gasteiger partial charge in [-0.15, -0.1) is 11.8 Å². The van der Waals surface area contributed by atoms with E-state index < -0.39 is 5.60 Å². The van der Waals surface area contributed by atoms with Crippen LogP contribution in [0.3, 0.4) is 0 Å². The Morgan fingerprint density at radius 2 is 1.60 bits per heavy atom. The molecule has 2 unspecified atom stereocenters. The number of rotatable bonds is 8. The summed E-state index contributed by atoms with van der Waals surface area (Å²) in [7, 11) is 1.73. The van der Waals surface area contributed by atoms with E-state index in [9.17, 15) is 9.59 Å². The zero-order valence-corrected chi connectivity index (χ0v) is 25.2. The van der Waals surface area contributed by atoms with Crippen LogP contribution in [0.4, 0.5) is 10.5 Å². The van der Waals surface area contributed by atoms with Crippen molar-refractivity contribution in [1.82, 2.24) is 10.2 Å². The number of benzene rings is 2. The Morgan fingerprint density at radius 3 is 2.23 bits per heavy atom. The first kappa shape index (κ1) is 30.0. The summed E-state index contributed by atoms with van der Waals surface area (Å²) < 4.78 is 5.51. The second-order valence-corrected chi connectivity index (χ2v) is 12.8. The van der Waals surface area contributed by atoms with Gasteiger partial charge in [0.25, 0.3) is 0 Å². The van der Waals surface area contributed by atoms with Crippen LogP contribution < -0.4 is 10.2 Å². The van der Waals surface area contributed by atoms with Crippen LogP contribution in [0.5, 0.6) is 0 Å². The predicted octanol–water partition coefficient (Wildman–Crippen LogP) is 6.13. The van der Waals surface area contributed by atoms with Gasteiger partial charge in [-0.3, -0.25) is 9.79 Å². The molecule has 2 amide bonds. The lowest BCUT2D eigenvalue weighted by Gasteiger charge is -2.36. The van der Waals surface area contributed by atoms with Gasteiger partial charge in [0, 0.05) is 61.7 Å². The lowest BCUT2D eigenvalue weighted by Crippen LogP contribution is -2.50. The molecule has 1 saturated heterocycles. The van der Waals surface area contributed by atoms with Crippen molar-refractivity contribution in [3.05, 3.63) is 48.5 Å². The maximum absolute atomic E-state index is 12.7. The molecule has 0 aromatic heterocycles. The summed E-state index contributed by atoms with van der Waals surface area (Å²) in [5, 5.41) is 3.02. The summed E-state index contributed by atoms with van der Waals surface area (Å²) in [5.41, 5.74) is 3.08. The third kappa shape index (κ3) is 8.50.